The number of benzene rings is 4. The maximum atomic E-state index is 15.1. The van der Waals surface area contributed by atoms with Gasteiger partial charge in [-0.05, 0) is 69.7 Å². The van der Waals surface area contributed by atoms with E-state index in [1.54, 1.807) is 71.9 Å². The van der Waals surface area contributed by atoms with Crippen molar-refractivity contribution >= 4 is 103 Å². The van der Waals surface area contributed by atoms with Gasteiger partial charge in [0, 0.05) is 133 Å². The van der Waals surface area contributed by atoms with Gasteiger partial charge in [-0.3, -0.25) is 43.3 Å². The van der Waals surface area contributed by atoms with Gasteiger partial charge >= 0.3 is 11.8 Å². The zero-order chi connectivity index (χ0) is 74.8. The molecule has 102 heavy (non-hydrogen) atoms. The van der Waals surface area contributed by atoms with Gasteiger partial charge in [0.1, 0.15) is 29.2 Å². The van der Waals surface area contributed by atoms with Crippen LogP contribution in [0.5, 0.6) is 11.5 Å². The van der Waals surface area contributed by atoms with Gasteiger partial charge in [-0.25, -0.2) is 9.78 Å². The number of aromatic hydroxyl groups is 1. The number of phenolic OH excluding ortho intramolecular Hbond substituents is 1. The van der Waals surface area contributed by atoms with E-state index in [0.29, 0.717) is 66.0 Å². The van der Waals surface area contributed by atoms with Crippen molar-refractivity contribution in [3.63, 3.8) is 0 Å². The zero-order valence-electron chi connectivity index (χ0n) is 59.9. The molecule has 0 saturated heterocycles. The number of primary amides is 1. The Morgan fingerprint density at radius 2 is 1.54 bits per heavy atom. The Labute approximate surface area is 596 Å². The van der Waals surface area contributed by atoms with Crippen LogP contribution in [0.4, 0.5) is 16.2 Å². The van der Waals surface area contributed by atoms with E-state index in [4.69, 9.17) is 29.3 Å². The molecule has 11 N–H and O–H groups in total. The number of carbonyl (C=O) groups excluding carboxylic acids is 7. The fourth-order valence-electron chi connectivity index (χ4n) is 13.3. The number of fused-ring (bicyclic) bond motifs is 2. The predicted molar refractivity (Wildman–Crippen MR) is 388 cm³/mol. The Morgan fingerprint density at radius 3 is 2.21 bits per heavy atom. The summed E-state index contributed by atoms with van der Waals surface area (Å²) in [5.74, 6) is -8.99. The van der Waals surface area contributed by atoms with Crippen molar-refractivity contribution in [3.05, 3.63) is 121 Å². The Balaban J connectivity index is 0.985. The molecule has 4 aromatic carbocycles. The molecule has 0 saturated carbocycles. The lowest BCUT2D eigenvalue weighted by atomic mass is 9.78. The molecule has 7 amide bonds. The first-order chi connectivity index (χ1) is 48.2. The van der Waals surface area contributed by atoms with Crippen LogP contribution in [0.25, 0.3) is 38.7 Å². The molecule has 0 aliphatic carbocycles. The number of Topliss-reactive ketones (excluding diaryl/α,β-unsaturated/α-hetero) is 1. The highest BCUT2D eigenvalue weighted by Gasteiger charge is 2.44. The highest BCUT2D eigenvalue weighted by molar-refractivity contribution is 7.99. The monoisotopic (exact) mass is 1430 g/mol. The highest BCUT2D eigenvalue weighted by atomic mass is 32.2. The summed E-state index contributed by atoms with van der Waals surface area (Å²) in [6, 6.07) is 8.80. The van der Waals surface area contributed by atoms with Gasteiger partial charge in [-0.2, -0.15) is 0 Å². The number of phenols is 1. The van der Waals surface area contributed by atoms with Crippen LogP contribution in [0.15, 0.2) is 104 Å². The predicted octanol–water partition coefficient (Wildman–Crippen LogP) is 7.34. The number of nitrogens with zero attached hydrogens (tertiary/aromatic N) is 3. The van der Waals surface area contributed by atoms with Gasteiger partial charge in [0.15, 0.2) is 28.2 Å². The SMILES string of the molecule is CO[C@H]1/C=C/O[C@@]2(C)Oc3c(C)c(O)c4c(=O)c(c5oc6cc(SCCC[N+](C)(C)Cc7ccc(NC(=O)[C@H](CCCNC(N)=O)CC(=O)[C@@H](NC(=O)CCCCCN8C(=O)C=CC8=O)C(C)C)cc7)cc(=O)c6nc5c4c3=C2O)NC(=O)/C(C)=C\C=C\[C@H](C)[C@H](O)[C@@H](C)[C@@H](O)[C@@H](C)[C@H](O)[C@@H]1C. The van der Waals surface area contributed by atoms with E-state index in [-0.39, 0.29) is 117 Å². The molecule has 8 rings (SSSR count). The summed E-state index contributed by atoms with van der Waals surface area (Å²) in [6.45, 7) is 16.5. The molecule has 1 aromatic heterocycles. The van der Waals surface area contributed by atoms with Crippen LogP contribution in [0.3, 0.4) is 0 Å². The van der Waals surface area contributed by atoms with E-state index in [1.807, 2.05) is 12.1 Å². The van der Waals surface area contributed by atoms with Crippen LogP contribution in [0.2, 0.25) is 0 Å². The average molecular weight is 1430 g/mol. The Kier molecular flexibility index (Phi) is 26.1. The Morgan fingerprint density at radius 1 is 0.863 bits per heavy atom. The van der Waals surface area contributed by atoms with Crippen LogP contribution < -0.4 is 47.8 Å². The van der Waals surface area contributed by atoms with Crippen LogP contribution in [-0.2, 0) is 44.8 Å². The van der Waals surface area contributed by atoms with Crippen LogP contribution >= 0.6 is 11.8 Å². The second-order valence-corrected chi connectivity index (χ2v) is 29.4. The fourth-order valence-corrected chi connectivity index (χ4v) is 14.1. The number of urea groups is 1. The number of aromatic nitrogens is 1. The molecule has 0 radical (unpaired) electrons. The lowest BCUT2D eigenvalue weighted by Gasteiger charge is -2.36. The highest BCUT2D eigenvalue weighted by Crippen LogP contribution is 2.43. The fraction of sp³-hybridized carbons (Fsp3) is 0.493. The summed E-state index contributed by atoms with van der Waals surface area (Å²) in [6.07, 6.45) is 8.42. The number of hydrogen-bond donors (Lipinski definition) is 10. The summed E-state index contributed by atoms with van der Waals surface area (Å²) >= 11 is 1.39. The van der Waals surface area contributed by atoms with Crippen molar-refractivity contribution in [2.45, 2.75) is 161 Å². The molecule has 0 unspecified atom stereocenters. The third kappa shape index (κ3) is 18.4. The number of aliphatic hydroxyl groups is 4. The molecule has 5 aromatic rings. The number of nitrogens with one attached hydrogen (secondary N) is 4. The topological polar surface area (TPSA) is 386 Å². The van der Waals surface area contributed by atoms with Crippen molar-refractivity contribution in [2.75, 3.05) is 57.2 Å². The maximum Gasteiger partial charge on any atom is 0.312 e. The molecule has 4 bridgehead atoms. The van der Waals surface area contributed by atoms with Crippen molar-refractivity contribution in [3.8, 4) is 11.5 Å². The van der Waals surface area contributed by atoms with E-state index < -0.39 is 112 Å². The second kappa shape index (κ2) is 33.9. The van der Waals surface area contributed by atoms with Gasteiger partial charge in [0.2, 0.25) is 22.7 Å². The van der Waals surface area contributed by atoms with Crippen LogP contribution in [-0.4, -0.2) is 164 Å². The van der Waals surface area contributed by atoms with Crippen LogP contribution in [0.1, 0.15) is 118 Å². The summed E-state index contributed by atoms with van der Waals surface area (Å²) in [5.41, 5.74) is 4.29. The number of ketones is 1. The van der Waals surface area contributed by atoms with Gasteiger partial charge in [-0.1, -0.05) is 78.3 Å². The first kappa shape index (κ1) is 78.7. The zero-order valence-corrected chi connectivity index (χ0v) is 60.7. The number of carbonyl (C=O) groups is 7. The largest absolute Gasteiger partial charge is 0.507 e. The Bertz CT molecular complexity index is 4300. The van der Waals surface area contributed by atoms with Gasteiger partial charge in [0.05, 0.1) is 68.0 Å². The number of amides is 7. The Hall–Kier alpha value is -8.99. The van der Waals surface area contributed by atoms with E-state index in [1.165, 1.54) is 76.3 Å². The summed E-state index contributed by atoms with van der Waals surface area (Å²) < 4.78 is 25.3. The number of nitrogens with two attached hydrogens (primary N) is 1. The van der Waals surface area contributed by atoms with Crippen LogP contribution in [0, 0.1) is 42.4 Å². The summed E-state index contributed by atoms with van der Waals surface area (Å²) in [4.78, 5) is 126. The molecule has 3 aliphatic rings. The standard InChI is InChI=1S/C75H96N8O18S/c1-39(2)60(79-54(86)22-14-13-15-31-82-55(87)27-28-56(82)88)50(84)35-47(21-17-30-77-74(76)97)73(96)78-48-25-23-46(24-26-48)38-83(10,11)32-18-34-102-49-36-51(85)61-53(37-49)100-70-62(80-61)57-58-67(92)45(8)69-59(57)71(94)75(9,101-69)99-33-29-52(98-12)42(5)65(90)44(7)66(91)43(6)64(89)40(3)19-16-20-41(4)72(95)81-63(70)68(58)93/h16,19-20,23-29,33,36-37,39-40,42-44,47,52,60,64-66,89-91H,13-15,17-18,21-22,30-32,34-35,38H2,1-12H3,(H7-,76,77,78,79,80,81,85,86,87,88,92,93,94,95,96,97)/p+1/b19-16+,33-29+,41-20-/t40-,42+,43+,44-,47+,52-,60-,64-,65+,66+,75-/m0/s1. The third-order valence-corrected chi connectivity index (χ3v) is 20.6. The number of imide groups is 1. The molecular formula is C75H97N8O18S+. The smallest absolute Gasteiger partial charge is 0.312 e. The van der Waals surface area contributed by atoms with Gasteiger partial charge in [0.25, 0.3) is 17.7 Å². The molecule has 11 atom stereocenters. The van der Waals surface area contributed by atoms with Crippen molar-refractivity contribution in [1.29, 1.82) is 0 Å². The molecule has 27 heteroatoms. The van der Waals surface area contributed by atoms with E-state index >= 15 is 4.79 Å². The van der Waals surface area contributed by atoms with Crippen molar-refractivity contribution in [2.24, 2.45) is 41.2 Å². The normalized spacial score (nSPS) is 23.8. The quantitative estimate of drug-likeness (QED) is 0.00682. The minimum Gasteiger partial charge on any atom is -0.507 e. The number of aliphatic hydroxyl groups excluding tert-OH is 4. The molecule has 3 aliphatic heterocycles. The molecular weight excluding hydrogens is 1330 g/mol. The van der Waals surface area contributed by atoms with E-state index in [2.05, 4.69) is 35.4 Å². The van der Waals surface area contributed by atoms with Gasteiger partial charge in [-0.15, -0.1) is 11.8 Å². The number of ether oxygens (including phenoxy) is 3. The number of quaternary nitrogens is 1. The van der Waals surface area contributed by atoms with Crippen molar-refractivity contribution < 1.29 is 82.2 Å². The molecule has 0 fully saturated rings. The number of anilines is 2. The molecule has 4 heterocycles. The third-order valence-electron chi connectivity index (χ3n) is 19.5. The number of hydrogen-bond acceptors (Lipinski definition) is 20. The molecule has 0 spiro atoms. The minimum atomic E-state index is -2.02. The number of allylic oxidation sites excluding steroid dienone is 2. The van der Waals surface area contributed by atoms with Gasteiger partial charge < -0.3 is 75.6 Å². The minimum absolute atomic E-state index is 0.0232. The first-order valence-electron chi connectivity index (χ1n) is 34.5. The van der Waals surface area contributed by atoms with E-state index in [9.17, 15) is 63.9 Å². The average Bonchev–Trinajstić information content (AvgIpc) is 1.40. The number of rotatable bonds is 25. The molecule has 26 nitrogen and oxygen atoms in total. The molecule has 550 valence electrons. The lowest BCUT2D eigenvalue weighted by molar-refractivity contribution is -0.903. The summed E-state index contributed by atoms with van der Waals surface area (Å²) in [7, 11) is 5.57. The summed E-state index contributed by atoms with van der Waals surface area (Å²) in [5, 5.41) is 69.0. The number of thioether (sulfide) groups is 1. The van der Waals surface area contributed by atoms with Crippen molar-refractivity contribution in [1.82, 2.24) is 20.5 Å². The number of methoxy groups -OCH3 is 1. The first-order valence-corrected chi connectivity index (χ1v) is 35.5. The lowest BCUT2D eigenvalue weighted by Crippen LogP contribution is -2.45. The second-order valence-electron chi connectivity index (χ2n) is 28.2. The number of unbranched alkanes of at least 4 members (excludes halogenated alkanes) is 2. The van der Waals surface area contributed by atoms with E-state index in [0.717, 1.165) is 10.5 Å². The maximum absolute atomic E-state index is 15.1.